The molecule has 0 amide bonds. The van der Waals surface area contributed by atoms with Crippen molar-refractivity contribution in [2.24, 2.45) is 0 Å². The molecule has 0 saturated carbocycles. The van der Waals surface area contributed by atoms with Crippen LogP contribution in [-0.4, -0.2) is 61.1 Å². The van der Waals surface area contributed by atoms with Crippen LogP contribution in [0.15, 0.2) is 24.3 Å². The monoisotopic (exact) mass is 289 g/mol. The summed E-state index contributed by atoms with van der Waals surface area (Å²) in [7, 11) is 2.18. The number of ether oxygens (including phenoxy) is 1. The molecule has 0 radical (unpaired) electrons. The first-order valence-electron chi connectivity index (χ1n) is 7.60. The highest BCUT2D eigenvalue weighted by Gasteiger charge is 2.38. The molecule has 1 aromatic carbocycles. The lowest BCUT2D eigenvalue weighted by Gasteiger charge is -2.39. The molecule has 2 saturated heterocycles. The zero-order valence-electron chi connectivity index (χ0n) is 12.5. The minimum absolute atomic E-state index is 0.267. The Morgan fingerprint density at radius 1 is 1.24 bits per heavy atom. The van der Waals surface area contributed by atoms with Crippen molar-refractivity contribution < 1.29 is 9.53 Å². The van der Waals surface area contributed by atoms with Crippen molar-refractivity contribution in [2.75, 3.05) is 39.0 Å². The van der Waals surface area contributed by atoms with Crippen molar-refractivity contribution in [3.05, 3.63) is 29.8 Å². The number of likely N-dealkylation sites (N-methyl/N-ethyl adjacent to an activating group) is 1. The van der Waals surface area contributed by atoms with E-state index in [1.165, 1.54) is 12.8 Å². The van der Waals surface area contributed by atoms with Gasteiger partial charge in [0.05, 0.1) is 5.56 Å². The molecule has 0 aromatic heterocycles. The fourth-order valence-electron chi connectivity index (χ4n) is 3.51. The summed E-state index contributed by atoms with van der Waals surface area (Å²) in [5.74, 6) is -0.267. The van der Waals surface area contributed by atoms with Gasteiger partial charge < -0.3 is 15.4 Å². The lowest BCUT2D eigenvalue weighted by atomic mass is 10.2. The van der Waals surface area contributed by atoms with Crippen LogP contribution in [-0.2, 0) is 4.74 Å². The maximum absolute atomic E-state index is 11.9. The predicted octanol–water partition coefficient (Wildman–Crippen LogP) is 1.20. The van der Waals surface area contributed by atoms with Crippen molar-refractivity contribution in [3.63, 3.8) is 0 Å². The number of rotatable bonds is 4. The number of fused-ring (bicyclic) bond motifs is 2. The van der Waals surface area contributed by atoms with Crippen molar-refractivity contribution in [3.8, 4) is 0 Å². The fraction of sp³-hybridized carbons (Fsp3) is 0.562. The quantitative estimate of drug-likeness (QED) is 0.667. The standard InChI is InChI=1S/C16H23N3O2/c1-18-10-14-6-7-15(11-18)19(14)8-9-21-16(20)12-2-4-13(17)5-3-12/h2-5,14-15H,6-11,17H2,1H3/t14-,15+. The van der Waals surface area contributed by atoms with Crippen LogP contribution in [0.25, 0.3) is 0 Å². The van der Waals surface area contributed by atoms with Gasteiger partial charge in [0.2, 0.25) is 0 Å². The van der Waals surface area contributed by atoms with Crippen molar-refractivity contribution >= 4 is 11.7 Å². The maximum Gasteiger partial charge on any atom is 0.338 e. The van der Waals surface area contributed by atoms with Crippen LogP contribution < -0.4 is 5.73 Å². The first kappa shape index (κ1) is 14.4. The molecular formula is C16H23N3O2. The van der Waals surface area contributed by atoms with E-state index in [9.17, 15) is 4.79 Å². The van der Waals surface area contributed by atoms with Crippen molar-refractivity contribution in [1.29, 1.82) is 0 Å². The van der Waals surface area contributed by atoms with Crippen LogP contribution in [0, 0.1) is 0 Å². The minimum Gasteiger partial charge on any atom is -0.461 e. The van der Waals surface area contributed by atoms with Gasteiger partial charge in [0.15, 0.2) is 0 Å². The van der Waals surface area contributed by atoms with E-state index in [4.69, 9.17) is 10.5 Å². The number of anilines is 1. The summed E-state index contributed by atoms with van der Waals surface area (Å²) in [4.78, 5) is 16.9. The molecule has 3 rings (SSSR count). The van der Waals surface area contributed by atoms with E-state index in [-0.39, 0.29) is 5.97 Å². The van der Waals surface area contributed by atoms with Gasteiger partial charge in [-0.1, -0.05) is 0 Å². The normalized spacial score (nSPS) is 26.0. The number of nitrogen functional groups attached to an aromatic ring is 1. The summed E-state index contributed by atoms with van der Waals surface area (Å²) < 4.78 is 5.39. The average Bonchev–Trinajstić information content (AvgIpc) is 2.70. The van der Waals surface area contributed by atoms with E-state index in [0.29, 0.717) is 29.9 Å². The van der Waals surface area contributed by atoms with E-state index in [1.54, 1.807) is 24.3 Å². The zero-order chi connectivity index (χ0) is 14.8. The van der Waals surface area contributed by atoms with Crippen LogP contribution >= 0.6 is 0 Å². The van der Waals surface area contributed by atoms with Crippen molar-refractivity contribution in [1.82, 2.24) is 9.80 Å². The SMILES string of the molecule is CN1C[C@H]2CC[C@@H](C1)N2CCOC(=O)c1ccc(N)cc1. The van der Waals surface area contributed by atoms with Crippen LogP contribution in [0.5, 0.6) is 0 Å². The number of carbonyl (C=O) groups is 1. The third-order valence-corrected chi connectivity index (χ3v) is 4.55. The topological polar surface area (TPSA) is 58.8 Å². The van der Waals surface area contributed by atoms with E-state index < -0.39 is 0 Å². The lowest BCUT2D eigenvalue weighted by molar-refractivity contribution is 0.0318. The molecule has 2 bridgehead atoms. The summed E-state index contributed by atoms with van der Waals surface area (Å²) in [6.07, 6.45) is 2.53. The Hall–Kier alpha value is -1.59. The summed E-state index contributed by atoms with van der Waals surface area (Å²) in [5.41, 5.74) is 6.82. The third-order valence-electron chi connectivity index (χ3n) is 4.55. The number of nitrogens with two attached hydrogens (primary N) is 1. The Bertz CT molecular complexity index is 489. The molecule has 0 unspecified atom stereocenters. The first-order valence-corrected chi connectivity index (χ1v) is 7.60. The van der Waals surface area contributed by atoms with E-state index >= 15 is 0 Å². The van der Waals surface area contributed by atoms with Gasteiger partial charge in [-0.15, -0.1) is 0 Å². The highest BCUT2D eigenvalue weighted by molar-refractivity contribution is 5.89. The second-order valence-electron chi connectivity index (χ2n) is 6.10. The number of hydrogen-bond acceptors (Lipinski definition) is 5. The highest BCUT2D eigenvalue weighted by atomic mass is 16.5. The van der Waals surface area contributed by atoms with E-state index in [0.717, 1.165) is 19.6 Å². The molecule has 5 heteroatoms. The lowest BCUT2D eigenvalue weighted by Crippen LogP contribution is -2.53. The molecule has 0 aliphatic carbocycles. The summed E-state index contributed by atoms with van der Waals surface area (Å²) in [6.45, 7) is 3.55. The van der Waals surface area contributed by atoms with Crippen LogP contribution in [0.3, 0.4) is 0 Å². The molecule has 2 fully saturated rings. The van der Waals surface area contributed by atoms with Gasteiger partial charge >= 0.3 is 5.97 Å². The molecule has 1 aromatic rings. The maximum atomic E-state index is 11.9. The molecule has 21 heavy (non-hydrogen) atoms. The molecule has 5 nitrogen and oxygen atoms in total. The molecule has 2 N–H and O–H groups in total. The Morgan fingerprint density at radius 2 is 1.86 bits per heavy atom. The Labute approximate surface area is 125 Å². The number of benzene rings is 1. The van der Waals surface area contributed by atoms with Gasteiger partial charge in [-0.05, 0) is 44.2 Å². The highest BCUT2D eigenvalue weighted by Crippen LogP contribution is 2.28. The van der Waals surface area contributed by atoms with Crippen LogP contribution in [0.1, 0.15) is 23.2 Å². The van der Waals surface area contributed by atoms with Crippen LogP contribution in [0.2, 0.25) is 0 Å². The molecular weight excluding hydrogens is 266 g/mol. The van der Waals surface area contributed by atoms with E-state index in [2.05, 4.69) is 16.8 Å². The minimum atomic E-state index is -0.267. The molecule has 114 valence electrons. The number of carbonyl (C=O) groups excluding carboxylic acids is 1. The van der Waals surface area contributed by atoms with Gasteiger partial charge in [-0.3, -0.25) is 4.90 Å². The average molecular weight is 289 g/mol. The third kappa shape index (κ3) is 3.19. The molecule has 2 atom stereocenters. The molecule has 2 aliphatic rings. The van der Waals surface area contributed by atoms with Crippen molar-refractivity contribution in [2.45, 2.75) is 24.9 Å². The van der Waals surface area contributed by atoms with Crippen LogP contribution in [0.4, 0.5) is 5.69 Å². The summed E-state index contributed by atoms with van der Waals surface area (Å²) >= 11 is 0. The second kappa shape index (κ2) is 6.03. The Balaban J connectivity index is 1.48. The predicted molar refractivity (Wildman–Crippen MR) is 82.1 cm³/mol. The fourth-order valence-corrected chi connectivity index (χ4v) is 3.51. The van der Waals surface area contributed by atoms with E-state index in [1.807, 2.05) is 0 Å². The van der Waals surface area contributed by atoms with Gasteiger partial charge in [-0.25, -0.2) is 4.79 Å². The Kier molecular flexibility index (Phi) is 4.12. The largest absolute Gasteiger partial charge is 0.461 e. The molecule has 0 spiro atoms. The Morgan fingerprint density at radius 3 is 2.48 bits per heavy atom. The zero-order valence-corrected chi connectivity index (χ0v) is 12.5. The molecule has 2 heterocycles. The smallest absolute Gasteiger partial charge is 0.338 e. The van der Waals surface area contributed by atoms with Gasteiger partial charge in [0.25, 0.3) is 0 Å². The number of esters is 1. The summed E-state index contributed by atoms with van der Waals surface area (Å²) in [6, 6.07) is 8.11. The van der Waals surface area contributed by atoms with Gasteiger partial charge in [-0.2, -0.15) is 0 Å². The number of nitrogens with zero attached hydrogens (tertiary/aromatic N) is 2. The number of hydrogen-bond donors (Lipinski definition) is 1. The van der Waals surface area contributed by atoms with Gasteiger partial charge in [0, 0.05) is 37.4 Å². The number of piperazine rings is 1. The first-order chi connectivity index (χ1) is 10.1. The number of likely N-dealkylation sites (tertiary alicyclic amines) is 1. The molecule has 2 aliphatic heterocycles. The summed E-state index contributed by atoms with van der Waals surface area (Å²) in [5, 5.41) is 0. The van der Waals surface area contributed by atoms with Gasteiger partial charge in [0.1, 0.15) is 6.61 Å². The second-order valence-corrected chi connectivity index (χ2v) is 6.10.